The summed E-state index contributed by atoms with van der Waals surface area (Å²) in [4.78, 5) is 38.1. The van der Waals surface area contributed by atoms with Crippen LogP contribution in [0.25, 0.3) is 0 Å². The van der Waals surface area contributed by atoms with Gasteiger partial charge >= 0.3 is 6.03 Å². The normalized spacial score (nSPS) is 10.5. The fraction of sp³-hybridized carbons (Fsp3) is 0.318. The molecule has 4 amide bonds. The fourth-order valence-corrected chi connectivity index (χ4v) is 2.68. The smallest absolute Gasteiger partial charge is 0.319 e. The zero-order valence-electron chi connectivity index (χ0n) is 18.0. The molecule has 0 unspecified atom stereocenters. The van der Waals surface area contributed by atoms with E-state index in [0.29, 0.717) is 23.5 Å². The van der Waals surface area contributed by atoms with Gasteiger partial charge in [0.25, 0.3) is 5.91 Å². The Morgan fingerprint density at radius 1 is 0.935 bits per heavy atom. The van der Waals surface area contributed by atoms with Gasteiger partial charge in [-0.05, 0) is 50.0 Å². The molecule has 0 spiro atoms. The quantitative estimate of drug-likeness (QED) is 0.463. The van der Waals surface area contributed by atoms with Crippen LogP contribution in [0.1, 0.15) is 15.9 Å². The zero-order chi connectivity index (χ0) is 22.6. The maximum absolute atomic E-state index is 12.2. The summed E-state index contributed by atoms with van der Waals surface area (Å²) in [5.74, 6) is -0.435. The third kappa shape index (κ3) is 8.85. The Morgan fingerprint density at radius 3 is 2.35 bits per heavy atom. The highest BCUT2D eigenvalue weighted by atomic mass is 16.5. The lowest BCUT2D eigenvalue weighted by atomic mass is 10.1. The maximum atomic E-state index is 12.2. The summed E-state index contributed by atoms with van der Waals surface area (Å²) in [7, 11) is 5.32. The Kier molecular flexibility index (Phi) is 9.47. The first-order valence-corrected chi connectivity index (χ1v) is 9.83. The molecular formula is C22H29N5O4. The van der Waals surface area contributed by atoms with Crippen molar-refractivity contribution in [2.45, 2.75) is 6.54 Å². The Labute approximate surface area is 182 Å². The van der Waals surface area contributed by atoms with E-state index < -0.39 is 6.03 Å². The fourth-order valence-electron chi connectivity index (χ4n) is 2.68. The molecule has 0 saturated heterocycles. The first kappa shape index (κ1) is 23.8. The van der Waals surface area contributed by atoms with Crippen LogP contribution in [-0.2, 0) is 16.1 Å². The molecule has 9 heteroatoms. The highest BCUT2D eigenvalue weighted by Gasteiger charge is 2.08. The topological polar surface area (TPSA) is 112 Å². The van der Waals surface area contributed by atoms with E-state index in [2.05, 4.69) is 21.3 Å². The molecule has 0 bridgehead atoms. The molecule has 0 radical (unpaired) electrons. The van der Waals surface area contributed by atoms with Crippen LogP contribution in [0.5, 0.6) is 0 Å². The molecule has 0 fully saturated rings. The third-order valence-electron chi connectivity index (χ3n) is 4.17. The number of methoxy groups -OCH3 is 1. The van der Waals surface area contributed by atoms with Gasteiger partial charge in [-0.25, -0.2) is 4.79 Å². The number of anilines is 2. The predicted octanol–water partition coefficient (Wildman–Crippen LogP) is 1.88. The SMILES string of the molecule is COCC(=O)Nc1cccc(NC(=O)NCc2cccc(C(=O)NCCN(C)C)c2)c1. The van der Waals surface area contributed by atoms with Gasteiger partial charge in [-0.3, -0.25) is 9.59 Å². The Morgan fingerprint density at radius 2 is 1.65 bits per heavy atom. The van der Waals surface area contributed by atoms with Gasteiger partial charge in [0, 0.05) is 43.7 Å². The number of likely N-dealkylation sites (N-methyl/N-ethyl adjacent to an activating group) is 1. The van der Waals surface area contributed by atoms with Crippen LogP contribution in [0.2, 0.25) is 0 Å². The van der Waals surface area contributed by atoms with Crippen molar-refractivity contribution in [2.24, 2.45) is 0 Å². The molecule has 2 aromatic rings. The van der Waals surface area contributed by atoms with Gasteiger partial charge in [0.1, 0.15) is 6.61 Å². The van der Waals surface area contributed by atoms with Crippen molar-refractivity contribution in [1.82, 2.24) is 15.5 Å². The largest absolute Gasteiger partial charge is 0.375 e. The molecule has 2 aromatic carbocycles. The minimum Gasteiger partial charge on any atom is -0.375 e. The monoisotopic (exact) mass is 427 g/mol. The number of hydrogen-bond acceptors (Lipinski definition) is 5. The summed E-state index contributed by atoms with van der Waals surface area (Å²) < 4.78 is 4.78. The standard InChI is InChI=1S/C22H29N5O4/c1-27(2)11-10-23-21(29)17-7-4-6-16(12-17)14-24-22(30)26-19-9-5-8-18(13-19)25-20(28)15-31-3/h4-9,12-13H,10-11,14-15H2,1-3H3,(H,23,29)(H,25,28)(H2,24,26,30). The molecule has 0 aromatic heterocycles. The summed E-state index contributed by atoms with van der Waals surface area (Å²) in [5, 5.41) is 11.0. The van der Waals surface area contributed by atoms with E-state index in [0.717, 1.165) is 12.1 Å². The van der Waals surface area contributed by atoms with Gasteiger partial charge < -0.3 is 30.9 Å². The van der Waals surface area contributed by atoms with Crippen LogP contribution >= 0.6 is 0 Å². The van der Waals surface area contributed by atoms with Crippen LogP contribution < -0.4 is 21.3 Å². The van der Waals surface area contributed by atoms with Crippen LogP contribution in [-0.4, -0.2) is 63.6 Å². The molecular weight excluding hydrogens is 398 g/mol. The molecule has 0 heterocycles. The van der Waals surface area contributed by atoms with Gasteiger partial charge in [0.05, 0.1) is 0 Å². The Bertz CT molecular complexity index is 901. The minimum absolute atomic E-state index is 0.0507. The number of hydrogen-bond donors (Lipinski definition) is 4. The van der Waals surface area contributed by atoms with Crippen LogP contribution in [0.4, 0.5) is 16.2 Å². The van der Waals surface area contributed by atoms with E-state index in [4.69, 9.17) is 4.74 Å². The van der Waals surface area contributed by atoms with E-state index in [1.165, 1.54) is 7.11 Å². The molecule has 4 N–H and O–H groups in total. The number of benzene rings is 2. The second-order valence-corrected chi connectivity index (χ2v) is 7.13. The van der Waals surface area contributed by atoms with Gasteiger partial charge in [0.2, 0.25) is 5.91 Å². The van der Waals surface area contributed by atoms with Gasteiger partial charge in [-0.2, -0.15) is 0 Å². The highest BCUT2D eigenvalue weighted by molar-refractivity contribution is 5.95. The maximum Gasteiger partial charge on any atom is 0.319 e. The Hall–Kier alpha value is -3.43. The van der Waals surface area contributed by atoms with Gasteiger partial charge in [-0.1, -0.05) is 18.2 Å². The molecule has 0 aliphatic heterocycles. The molecule has 0 aliphatic rings. The number of amides is 4. The number of nitrogens with one attached hydrogen (secondary N) is 4. The second kappa shape index (κ2) is 12.3. The van der Waals surface area contributed by atoms with E-state index in [1.54, 1.807) is 42.5 Å². The van der Waals surface area contributed by atoms with Crippen molar-refractivity contribution in [1.29, 1.82) is 0 Å². The first-order chi connectivity index (χ1) is 14.9. The molecule has 31 heavy (non-hydrogen) atoms. The third-order valence-corrected chi connectivity index (χ3v) is 4.17. The lowest BCUT2D eigenvalue weighted by molar-refractivity contribution is -0.119. The second-order valence-electron chi connectivity index (χ2n) is 7.13. The number of urea groups is 1. The number of nitrogens with zero attached hydrogens (tertiary/aromatic N) is 1. The molecule has 2 rings (SSSR count). The lowest BCUT2D eigenvalue weighted by Crippen LogP contribution is -2.31. The van der Waals surface area contributed by atoms with E-state index in [9.17, 15) is 14.4 Å². The summed E-state index contributed by atoms with van der Waals surface area (Å²) >= 11 is 0. The van der Waals surface area contributed by atoms with Crippen molar-refractivity contribution in [3.63, 3.8) is 0 Å². The van der Waals surface area contributed by atoms with Crippen LogP contribution in [0, 0.1) is 0 Å². The summed E-state index contributed by atoms with van der Waals surface area (Å²) in [6.45, 7) is 1.52. The van der Waals surface area contributed by atoms with Crippen LogP contribution in [0.15, 0.2) is 48.5 Å². The molecule has 0 atom stereocenters. The molecule has 0 saturated carbocycles. The van der Waals surface area contributed by atoms with Gasteiger partial charge in [-0.15, -0.1) is 0 Å². The molecule has 0 aliphatic carbocycles. The zero-order valence-corrected chi connectivity index (χ0v) is 18.0. The van der Waals surface area contributed by atoms with Crippen molar-refractivity contribution >= 4 is 29.2 Å². The number of carbonyl (C=O) groups is 3. The molecule has 9 nitrogen and oxygen atoms in total. The van der Waals surface area contributed by atoms with Gasteiger partial charge in [0.15, 0.2) is 0 Å². The summed E-state index contributed by atoms with van der Waals surface area (Å²) in [6, 6.07) is 13.5. The average molecular weight is 428 g/mol. The predicted molar refractivity (Wildman–Crippen MR) is 120 cm³/mol. The van der Waals surface area contributed by atoms with Crippen molar-refractivity contribution in [3.05, 3.63) is 59.7 Å². The highest BCUT2D eigenvalue weighted by Crippen LogP contribution is 2.15. The molecule has 166 valence electrons. The van der Waals surface area contributed by atoms with Crippen molar-refractivity contribution in [3.8, 4) is 0 Å². The lowest BCUT2D eigenvalue weighted by Gasteiger charge is -2.12. The van der Waals surface area contributed by atoms with E-state index in [-0.39, 0.29) is 25.0 Å². The van der Waals surface area contributed by atoms with Crippen molar-refractivity contribution < 1.29 is 19.1 Å². The number of carbonyl (C=O) groups excluding carboxylic acids is 3. The number of rotatable bonds is 10. The Balaban J connectivity index is 1.86. The minimum atomic E-state index is -0.402. The van der Waals surface area contributed by atoms with E-state index in [1.807, 2.05) is 25.1 Å². The summed E-state index contributed by atoms with van der Waals surface area (Å²) in [6.07, 6.45) is 0. The van der Waals surface area contributed by atoms with Crippen molar-refractivity contribution in [2.75, 3.05) is 51.5 Å². The van der Waals surface area contributed by atoms with E-state index >= 15 is 0 Å². The van der Waals surface area contributed by atoms with Crippen LogP contribution in [0.3, 0.4) is 0 Å². The number of ether oxygens (including phenoxy) is 1. The summed E-state index contributed by atoms with van der Waals surface area (Å²) in [5.41, 5.74) is 2.42. The first-order valence-electron chi connectivity index (χ1n) is 9.83. The average Bonchev–Trinajstić information content (AvgIpc) is 2.72.